The van der Waals surface area contributed by atoms with E-state index in [4.69, 9.17) is 16.3 Å². The lowest BCUT2D eigenvalue weighted by molar-refractivity contribution is 0.0698. The average Bonchev–Trinajstić information content (AvgIpc) is 3.18. The van der Waals surface area contributed by atoms with Crippen molar-refractivity contribution in [3.05, 3.63) is 64.2 Å². The summed E-state index contributed by atoms with van der Waals surface area (Å²) in [6.07, 6.45) is 1.30. The van der Waals surface area contributed by atoms with Gasteiger partial charge in [-0.05, 0) is 43.2 Å². The molecule has 1 fully saturated rings. The number of amides is 1. The van der Waals surface area contributed by atoms with Crippen molar-refractivity contribution in [1.29, 1.82) is 0 Å². The third kappa shape index (κ3) is 4.27. The summed E-state index contributed by atoms with van der Waals surface area (Å²) in [5.74, 6) is -1.69. The molecule has 1 aliphatic rings. The standard InChI is InChI=1S/C19H17ClN2O5/c20-13-6-7-15(14(10-13)19(24)25)21-18(23)12-4-1-3-11(9-12)17(22-26)16-5-2-8-27-16/h1,3-4,6-7,9-10,16,26H,2,5,8H2,(H,21,23)(H,24,25). The van der Waals surface area contributed by atoms with Crippen molar-refractivity contribution in [2.75, 3.05) is 11.9 Å². The molecule has 8 heteroatoms. The van der Waals surface area contributed by atoms with Crippen LogP contribution in [0.2, 0.25) is 5.02 Å². The van der Waals surface area contributed by atoms with E-state index >= 15 is 0 Å². The lowest BCUT2D eigenvalue weighted by atomic mass is 10.0. The normalized spacial score (nSPS) is 16.9. The van der Waals surface area contributed by atoms with Crippen molar-refractivity contribution in [2.45, 2.75) is 18.9 Å². The van der Waals surface area contributed by atoms with Crippen molar-refractivity contribution in [3.8, 4) is 0 Å². The number of aromatic carboxylic acids is 1. The largest absolute Gasteiger partial charge is 0.478 e. The summed E-state index contributed by atoms with van der Waals surface area (Å²) in [5, 5.41) is 24.8. The van der Waals surface area contributed by atoms with E-state index in [2.05, 4.69) is 10.5 Å². The molecule has 0 spiro atoms. The minimum absolute atomic E-state index is 0.107. The molecule has 1 heterocycles. The average molecular weight is 389 g/mol. The number of halogens is 1. The number of nitrogens with one attached hydrogen (secondary N) is 1. The lowest BCUT2D eigenvalue weighted by Crippen LogP contribution is -2.22. The highest BCUT2D eigenvalue weighted by Gasteiger charge is 2.24. The Morgan fingerprint density at radius 2 is 1.96 bits per heavy atom. The zero-order chi connectivity index (χ0) is 19.4. The van der Waals surface area contributed by atoms with E-state index in [0.717, 1.165) is 12.8 Å². The number of anilines is 1. The Morgan fingerprint density at radius 1 is 1.19 bits per heavy atom. The van der Waals surface area contributed by atoms with Crippen LogP contribution in [-0.4, -0.2) is 40.6 Å². The molecule has 1 unspecified atom stereocenters. The lowest BCUT2D eigenvalue weighted by Gasteiger charge is -2.13. The fourth-order valence-electron chi connectivity index (χ4n) is 2.92. The molecule has 1 amide bonds. The Morgan fingerprint density at radius 3 is 2.63 bits per heavy atom. The molecule has 2 aromatic carbocycles. The Balaban J connectivity index is 1.85. The van der Waals surface area contributed by atoms with Gasteiger partial charge in [0.25, 0.3) is 5.91 Å². The molecule has 7 nitrogen and oxygen atoms in total. The molecule has 0 aromatic heterocycles. The van der Waals surface area contributed by atoms with Gasteiger partial charge < -0.3 is 20.4 Å². The van der Waals surface area contributed by atoms with Gasteiger partial charge in [-0.25, -0.2) is 4.79 Å². The Kier molecular flexibility index (Phi) is 5.73. The molecule has 140 valence electrons. The van der Waals surface area contributed by atoms with Crippen LogP contribution in [0.1, 0.15) is 39.1 Å². The smallest absolute Gasteiger partial charge is 0.337 e. The van der Waals surface area contributed by atoms with Crippen LogP contribution in [0.25, 0.3) is 0 Å². The second-order valence-corrected chi connectivity index (χ2v) is 6.45. The van der Waals surface area contributed by atoms with Crippen molar-refractivity contribution < 1.29 is 24.6 Å². The summed E-state index contributed by atoms with van der Waals surface area (Å²) in [5.41, 5.74) is 1.24. The Labute approximate surface area is 160 Å². The summed E-state index contributed by atoms with van der Waals surface area (Å²) in [4.78, 5) is 23.9. The van der Waals surface area contributed by atoms with Crippen molar-refractivity contribution in [1.82, 2.24) is 0 Å². The zero-order valence-electron chi connectivity index (χ0n) is 14.2. The fourth-order valence-corrected chi connectivity index (χ4v) is 3.09. The molecular formula is C19H17ClN2O5. The van der Waals surface area contributed by atoms with Gasteiger partial charge in [0, 0.05) is 22.8 Å². The monoisotopic (exact) mass is 388 g/mol. The number of carboxylic acid groups (broad SMARTS) is 1. The van der Waals surface area contributed by atoms with Crippen LogP contribution in [0.4, 0.5) is 5.69 Å². The molecule has 3 rings (SSSR count). The summed E-state index contributed by atoms with van der Waals surface area (Å²) < 4.78 is 5.54. The zero-order valence-corrected chi connectivity index (χ0v) is 14.9. The highest BCUT2D eigenvalue weighted by atomic mass is 35.5. The summed E-state index contributed by atoms with van der Waals surface area (Å²) in [6, 6.07) is 10.7. The minimum atomic E-state index is -1.20. The topological polar surface area (TPSA) is 108 Å². The predicted molar refractivity (Wildman–Crippen MR) is 100 cm³/mol. The van der Waals surface area contributed by atoms with E-state index in [9.17, 15) is 19.9 Å². The van der Waals surface area contributed by atoms with Crippen molar-refractivity contribution in [3.63, 3.8) is 0 Å². The Bertz CT molecular complexity index is 907. The highest BCUT2D eigenvalue weighted by molar-refractivity contribution is 6.31. The quantitative estimate of drug-likeness (QED) is 0.411. The van der Waals surface area contributed by atoms with Crippen LogP contribution in [0.3, 0.4) is 0 Å². The highest BCUT2D eigenvalue weighted by Crippen LogP contribution is 2.23. The number of carbonyl (C=O) groups is 2. The van der Waals surface area contributed by atoms with Crippen molar-refractivity contribution in [2.24, 2.45) is 5.16 Å². The summed E-state index contributed by atoms with van der Waals surface area (Å²) in [7, 11) is 0. The van der Waals surface area contributed by atoms with Crippen LogP contribution < -0.4 is 5.32 Å². The first-order valence-electron chi connectivity index (χ1n) is 8.28. The number of ether oxygens (including phenoxy) is 1. The molecule has 0 saturated carbocycles. The first-order valence-corrected chi connectivity index (χ1v) is 8.65. The molecule has 0 aliphatic carbocycles. The molecule has 0 radical (unpaired) electrons. The van der Waals surface area contributed by atoms with E-state index in [1.54, 1.807) is 24.3 Å². The van der Waals surface area contributed by atoms with E-state index in [1.165, 1.54) is 18.2 Å². The molecule has 2 aromatic rings. The van der Waals surface area contributed by atoms with E-state index < -0.39 is 11.9 Å². The number of hydrogen-bond acceptors (Lipinski definition) is 5. The van der Waals surface area contributed by atoms with Gasteiger partial charge in [-0.15, -0.1) is 0 Å². The van der Waals surface area contributed by atoms with Gasteiger partial charge >= 0.3 is 5.97 Å². The van der Waals surface area contributed by atoms with Gasteiger partial charge in [-0.2, -0.15) is 0 Å². The number of hydrogen-bond donors (Lipinski definition) is 3. The number of nitrogens with zero attached hydrogens (tertiary/aromatic N) is 1. The maximum Gasteiger partial charge on any atom is 0.337 e. The first kappa shape index (κ1) is 18.9. The second kappa shape index (κ2) is 8.20. The molecule has 1 saturated heterocycles. The SMILES string of the molecule is O=C(Nc1ccc(Cl)cc1C(=O)O)c1cccc(C(=NO)C2CCCO2)c1. The predicted octanol–water partition coefficient (Wildman–Crippen LogP) is 3.65. The summed E-state index contributed by atoms with van der Waals surface area (Å²) in [6.45, 7) is 0.596. The van der Waals surface area contributed by atoms with Gasteiger partial charge in [0.2, 0.25) is 0 Å². The van der Waals surface area contributed by atoms with E-state index in [0.29, 0.717) is 17.9 Å². The number of benzene rings is 2. The van der Waals surface area contributed by atoms with Crippen molar-refractivity contribution >= 4 is 34.9 Å². The van der Waals surface area contributed by atoms with Gasteiger partial charge in [0.1, 0.15) is 11.8 Å². The van der Waals surface area contributed by atoms with Crippen LogP contribution in [0.5, 0.6) is 0 Å². The van der Waals surface area contributed by atoms with Crippen LogP contribution in [0.15, 0.2) is 47.6 Å². The number of oxime groups is 1. The van der Waals surface area contributed by atoms with Gasteiger partial charge in [-0.3, -0.25) is 4.79 Å². The molecule has 1 aliphatic heterocycles. The molecular weight excluding hydrogens is 372 g/mol. The third-order valence-electron chi connectivity index (χ3n) is 4.22. The fraction of sp³-hybridized carbons (Fsp3) is 0.211. The van der Waals surface area contributed by atoms with Crippen LogP contribution in [0, 0.1) is 0 Å². The molecule has 3 N–H and O–H groups in total. The molecule has 27 heavy (non-hydrogen) atoms. The molecule has 1 atom stereocenters. The maximum atomic E-state index is 12.6. The minimum Gasteiger partial charge on any atom is -0.478 e. The van der Waals surface area contributed by atoms with E-state index in [-0.39, 0.29) is 27.9 Å². The van der Waals surface area contributed by atoms with Crippen LogP contribution in [-0.2, 0) is 4.74 Å². The van der Waals surface area contributed by atoms with Crippen LogP contribution >= 0.6 is 11.6 Å². The second-order valence-electron chi connectivity index (χ2n) is 6.02. The summed E-state index contributed by atoms with van der Waals surface area (Å²) >= 11 is 5.82. The number of rotatable bonds is 5. The maximum absolute atomic E-state index is 12.6. The third-order valence-corrected chi connectivity index (χ3v) is 4.46. The number of carbonyl (C=O) groups excluding carboxylic acids is 1. The Hall–Kier alpha value is -2.90. The number of carboxylic acids is 1. The molecule has 0 bridgehead atoms. The van der Waals surface area contributed by atoms with E-state index in [1.807, 2.05) is 0 Å². The van der Waals surface area contributed by atoms with Gasteiger partial charge in [-0.1, -0.05) is 28.9 Å². The van der Waals surface area contributed by atoms with Gasteiger partial charge in [0.05, 0.1) is 11.3 Å². The first-order chi connectivity index (χ1) is 13.0. The van der Waals surface area contributed by atoms with Gasteiger partial charge in [0.15, 0.2) is 0 Å².